The molecule has 0 spiro atoms. The highest BCUT2D eigenvalue weighted by atomic mass is 16.4. The summed E-state index contributed by atoms with van der Waals surface area (Å²) >= 11 is 0. The summed E-state index contributed by atoms with van der Waals surface area (Å²) in [5, 5.41) is 12.0. The van der Waals surface area contributed by atoms with Crippen LogP contribution in [0.1, 0.15) is 32.1 Å². The second-order valence-electron chi connectivity index (χ2n) is 5.04. The van der Waals surface area contributed by atoms with Crippen LogP contribution in [0.15, 0.2) is 0 Å². The van der Waals surface area contributed by atoms with Gasteiger partial charge < -0.3 is 15.3 Å². The monoisotopic (exact) mass is 240 g/mol. The van der Waals surface area contributed by atoms with Crippen LogP contribution in [-0.4, -0.2) is 47.6 Å². The molecule has 17 heavy (non-hydrogen) atoms. The van der Waals surface area contributed by atoms with Gasteiger partial charge in [0, 0.05) is 19.5 Å². The average molecular weight is 240 g/mol. The van der Waals surface area contributed by atoms with Crippen molar-refractivity contribution in [3.63, 3.8) is 0 Å². The van der Waals surface area contributed by atoms with Crippen molar-refractivity contribution in [1.82, 2.24) is 10.2 Å². The number of hydrogen-bond donors (Lipinski definition) is 2. The Bertz CT molecular complexity index is 300. The van der Waals surface area contributed by atoms with Crippen LogP contribution in [0.4, 0.5) is 0 Å². The third-order valence-corrected chi connectivity index (χ3v) is 3.65. The van der Waals surface area contributed by atoms with E-state index in [4.69, 9.17) is 5.11 Å². The Hall–Kier alpha value is -1.10. The molecule has 5 nitrogen and oxygen atoms in total. The summed E-state index contributed by atoms with van der Waals surface area (Å²) in [6.45, 7) is 2.32. The van der Waals surface area contributed by atoms with E-state index in [-0.39, 0.29) is 24.3 Å². The Labute approximate surface area is 101 Å². The minimum atomic E-state index is -0.761. The maximum Gasteiger partial charge on any atom is 0.303 e. The van der Waals surface area contributed by atoms with E-state index in [1.54, 1.807) is 0 Å². The predicted octanol–water partition coefficient (Wildman–Crippen LogP) is 0.452. The minimum absolute atomic E-state index is 0.0291. The number of piperidine rings is 1. The molecule has 2 N–H and O–H groups in total. The average Bonchev–Trinajstić information content (AvgIpc) is 2.81. The van der Waals surface area contributed by atoms with Crippen LogP contribution in [0, 0.1) is 5.92 Å². The summed E-state index contributed by atoms with van der Waals surface area (Å²) in [5.41, 5.74) is 0. The molecular formula is C12H20N2O3. The number of amides is 1. The molecule has 1 amide bonds. The molecule has 2 aliphatic heterocycles. The first-order valence-corrected chi connectivity index (χ1v) is 6.41. The number of carboxylic acids is 1. The lowest BCUT2D eigenvalue weighted by Crippen LogP contribution is -2.48. The number of likely N-dealkylation sites (tertiary alicyclic amines) is 1. The molecule has 2 saturated heterocycles. The van der Waals surface area contributed by atoms with Gasteiger partial charge in [-0.15, -0.1) is 0 Å². The molecule has 2 fully saturated rings. The molecular weight excluding hydrogens is 220 g/mol. The van der Waals surface area contributed by atoms with E-state index in [0.717, 1.165) is 38.8 Å². The van der Waals surface area contributed by atoms with E-state index in [1.807, 2.05) is 4.90 Å². The number of hydrogen-bond acceptors (Lipinski definition) is 3. The molecule has 2 atom stereocenters. The van der Waals surface area contributed by atoms with Gasteiger partial charge in [0.05, 0.1) is 6.04 Å². The standard InChI is InChI=1S/C12H20N2O3/c15-11(16)7-9-3-2-6-14(8-9)12(17)10-4-1-5-13-10/h9-10,13H,1-8H2,(H,15,16)/t9?,10-/m0/s1. The van der Waals surface area contributed by atoms with Crippen molar-refractivity contribution in [1.29, 1.82) is 0 Å². The van der Waals surface area contributed by atoms with Crippen molar-refractivity contribution in [2.45, 2.75) is 38.1 Å². The number of nitrogens with zero attached hydrogens (tertiary/aromatic N) is 1. The predicted molar refractivity (Wildman–Crippen MR) is 62.6 cm³/mol. The molecule has 96 valence electrons. The van der Waals surface area contributed by atoms with Gasteiger partial charge in [-0.05, 0) is 38.1 Å². The van der Waals surface area contributed by atoms with Crippen LogP contribution in [0.25, 0.3) is 0 Å². The van der Waals surface area contributed by atoms with Crippen LogP contribution in [0.5, 0.6) is 0 Å². The quantitative estimate of drug-likeness (QED) is 0.751. The van der Waals surface area contributed by atoms with Gasteiger partial charge in [0.15, 0.2) is 0 Å². The highest BCUT2D eigenvalue weighted by Crippen LogP contribution is 2.21. The summed E-state index contributed by atoms with van der Waals surface area (Å²) < 4.78 is 0. The fraction of sp³-hybridized carbons (Fsp3) is 0.833. The van der Waals surface area contributed by atoms with E-state index in [1.165, 1.54) is 0 Å². The van der Waals surface area contributed by atoms with Gasteiger partial charge in [-0.3, -0.25) is 9.59 Å². The van der Waals surface area contributed by atoms with Crippen LogP contribution in [-0.2, 0) is 9.59 Å². The molecule has 5 heteroatoms. The third kappa shape index (κ3) is 3.19. The molecule has 0 aromatic rings. The molecule has 0 bridgehead atoms. The van der Waals surface area contributed by atoms with Gasteiger partial charge in [0.25, 0.3) is 0 Å². The highest BCUT2D eigenvalue weighted by molar-refractivity contribution is 5.82. The summed E-state index contributed by atoms with van der Waals surface area (Å²) in [6.07, 6.45) is 4.01. The molecule has 0 radical (unpaired) electrons. The topological polar surface area (TPSA) is 69.6 Å². The summed E-state index contributed by atoms with van der Waals surface area (Å²) in [6, 6.07) is -0.0291. The lowest BCUT2D eigenvalue weighted by Gasteiger charge is -2.33. The second-order valence-corrected chi connectivity index (χ2v) is 5.04. The number of carbonyl (C=O) groups excluding carboxylic acids is 1. The largest absolute Gasteiger partial charge is 0.481 e. The first kappa shape index (κ1) is 12.4. The number of carbonyl (C=O) groups is 2. The van der Waals surface area contributed by atoms with Gasteiger partial charge in [-0.2, -0.15) is 0 Å². The Morgan fingerprint density at radius 1 is 1.29 bits per heavy atom. The Morgan fingerprint density at radius 3 is 2.76 bits per heavy atom. The molecule has 0 aromatic carbocycles. The van der Waals surface area contributed by atoms with Crippen LogP contribution in [0.3, 0.4) is 0 Å². The smallest absolute Gasteiger partial charge is 0.303 e. The zero-order valence-corrected chi connectivity index (χ0v) is 10.0. The van der Waals surface area contributed by atoms with Crippen LogP contribution in [0.2, 0.25) is 0 Å². The first-order valence-electron chi connectivity index (χ1n) is 6.41. The van der Waals surface area contributed by atoms with Gasteiger partial charge in [0.1, 0.15) is 0 Å². The van der Waals surface area contributed by atoms with Crippen molar-refractivity contribution in [3.05, 3.63) is 0 Å². The fourth-order valence-electron chi connectivity index (χ4n) is 2.79. The zero-order chi connectivity index (χ0) is 12.3. The molecule has 1 unspecified atom stereocenters. The maximum absolute atomic E-state index is 12.1. The van der Waals surface area contributed by atoms with Crippen LogP contribution < -0.4 is 5.32 Å². The second kappa shape index (κ2) is 5.49. The normalized spacial score (nSPS) is 29.3. The Morgan fingerprint density at radius 2 is 2.12 bits per heavy atom. The van der Waals surface area contributed by atoms with Gasteiger partial charge in [-0.25, -0.2) is 0 Å². The molecule has 2 aliphatic rings. The fourth-order valence-corrected chi connectivity index (χ4v) is 2.79. The van der Waals surface area contributed by atoms with Gasteiger partial charge in [0.2, 0.25) is 5.91 Å². The molecule has 2 heterocycles. The van der Waals surface area contributed by atoms with E-state index in [2.05, 4.69) is 5.32 Å². The molecule has 0 aromatic heterocycles. The zero-order valence-electron chi connectivity index (χ0n) is 10.0. The van der Waals surface area contributed by atoms with Crippen molar-refractivity contribution in [3.8, 4) is 0 Å². The maximum atomic E-state index is 12.1. The lowest BCUT2D eigenvalue weighted by atomic mass is 9.94. The number of nitrogens with one attached hydrogen (secondary N) is 1. The first-order chi connectivity index (χ1) is 8.16. The Balaban J connectivity index is 1.87. The van der Waals surface area contributed by atoms with Crippen LogP contribution >= 0.6 is 0 Å². The van der Waals surface area contributed by atoms with Crippen molar-refractivity contribution in [2.24, 2.45) is 5.92 Å². The highest BCUT2D eigenvalue weighted by Gasteiger charge is 2.30. The summed E-state index contributed by atoms with van der Waals surface area (Å²) in [4.78, 5) is 24.7. The summed E-state index contributed by atoms with van der Waals surface area (Å²) in [7, 11) is 0. The van der Waals surface area contributed by atoms with E-state index in [9.17, 15) is 9.59 Å². The van der Waals surface area contributed by atoms with E-state index in [0.29, 0.717) is 6.54 Å². The van der Waals surface area contributed by atoms with Gasteiger partial charge in [-0.1, -0.05) is 0 Å². The van der Waals surface area contributed by atoms with Crippen molar-refractivity contribution >= 4 is 11.9 Å². The van der Waals surface area contributed by atoms with E-state index < -0.39 is 5.97 Å². The molecule has 2 rings (SSSR count). The minimum Gasteiger partial charge on any atom is -0.481 e. The number of carboxylic acid groups (broad SMARTS) is 1. The third-order valence-electron chi connectivity index (χ3n) is 3.65. The Kier molecular flexibility index (Phi) is 3.99. The summed E-state index contributed by atoms with van der Waals surface area (Å²) in [5.74, 6) is -0.465. The lowest BCUT2D eigenvalue weighted by molar-refractivity contribution is -0.141. The SMILES string of the molecule is O=C(O)CC1CCCN(C(=O)[C@@H]2CCCN2)C1. The van der Waals surface area contributed by atoms with E-state index >= 15 is 0 Å². The van der Waals surface area contributed by atoms with Gasteiger partial charge >= 0.3 is 5.97 Å². The molecule has 0 aliphatic carbocycles. The van der Waals surface area contributed by atoms with Crippen molar-refractivity contribution in [2.75, 3.05) is 19.6 Å². The number of rotatable bonds is 3. The molecule has 0 saturated carbocycles. The number of aliphatic carboxylic acids is 1. The van der Waals surface area contributed by atoms with Crippen molar-refractivity contribution < 1.29 is 14.7 Å².